The second-order valence-electron chi connectivity index (χ2n) is 15.4. The summed E-state index contributed by atoms with van der Waals surface area (Å²) in [4.78, 5) is 79.1. The van der Waals surface area contributed by atoms with Crippen LogP contribution in [0.3, 0.4) is 0 Å². The summed E-state index contributed by atoms with van der Waals surface area (Å²) in [5, 5.41) is 0. The van der Waals surface area contributed by atoms with Crippen LogP contribution in [0, 0.1) is 38.5 Å². The van der Waals surface area contributed by atoms with Crippen LogP contribution in [0.5, 0.6) is 0 Å². The number of ether oxygens (including phenoxy) is 6. The maximum atomic E-state index is 14.6. The predicted molar refractivity (Wildman–Crippen MR) is 229 cm³/mol. The molecule has 3 unspecified atom stereocenters. The smallest absolute Gasteiger partial charge is 0.321 e. The summed E-state index contributed by atoms with van der Waals surface area (Å²) < 4.78 is 70.3. The van der Waals surface area contributed by atoms with Crippen molar-refractivity contribution in [2.75, 3.05) is 39.6 Å². The summed E-state index contributed by atoms with van der Waals surface area (Å²) in [6, 6.07) is 0. The van der Waals surface area contributed by atoms with Crippen molar-refractivity contribution in [3.63, 3.8) is 0 Å². The van der Waals surface area contributed by atoms with Gasteiger partial charge in [0.15, 0.2) is 17.8 Å². The van der Waals surface area contributed by atoms with E-state index in [1.54, 1.807) is 62.3 Å². The highest BCUT2D eigenvalue weighted by atomic mass is 32.2. The van der Waals surface area contributed by atoms with Crippen LogP contribution >= 0.6 is 0 Å². The topological polar surface area (TPSA) is 209 Å². The van der Waals surface area contributed by atoms with Crippen molar-refractivity contribution in [3.05, 3.63) is 33.4 Å². The first kappa shape index (κ1) is 54.5. The van der Waals surface area contributed by atoms with Crippen LogP contribution in [0.4, 0.5) is 0 Å². The maximum Gasteiger partial charge on any atom is 0.321 e. The molecule has 1 rings (SSSR count). The van der Waals surface area contributed by atoms with E-state index in [0.717, 1.165) is 0 Å². The number of hydrogen-bond acceptors (Lipinski definition) is 15. The van der Waals surface area contributed by atoms with Crippen LogP contribution in [-0.4, -0.2) is 102 Å². The third-order valence-electron chi connectivity index (χ3n) is 10.5. The van der Waals surface area contributed by atoms with Crippen LogP contribution in [0.25, 0.3) is 0 Å². The highest BCUT2D eigenvalue weighted by Gasteiger charge is 2.50. The minimum absolute atomic E-state index is 0.0400. The van der Waals surface area contributed by atoms with Gasteiger partial charge in [0, 0.05) is 49.7 Å². The molecular formula is C42H66O15S3. The van der Waals surface area contributed by atoms with Gasteiger partial charge in [0.2, 0.25) is 0 Å². The van der Waals surface area contributed by atoms with Gasteiger partial charge in [-0.15, -0.1) is 0 Å². The molecule has 0 aromatic heterocycles. The lowest BCUT2D eigenvalue weighted by atomic mass is 9.90. The Morgan fingerprint density at radius 3 is 0.667 bits per heavy atom. The molecule has 1 aromatic carbocycles. The molecule has 0 saturated heterocycles. The van der Waals surface area contributed by atoms with E-state index in [4.69, 9.17) is 28.4 Å². The fourth-order valence-electron chi connectivity index (χ4n) is 6.73. The molecule has 1 aromatic rings. The SMILES string of the molecule is CCOC(=O)C(C(=O)OCC)C(C)(C)S(=O)Cc1c(C)c(CS(=O)C(C)(C)C(C(=O)OCC)C(=O)OCC)c(C)c(CS(=O)C(C)(C)C(C(=O)OCC)C(=O)OCC)c1C. The van der Waals surface area contributed by atoms with Gasteiger partial charge in [-0.3, -0.25) is 41.4 Å². The third-order valence-corrected chi connectivity index (χ3v) is 16.4. The van der Waals surface area contributed by atoms with Gasteiger partial charge in [0.05, 0.1) is 53.9 Å². The van der Waals surface area contributed by atoms with Crippen molar-refractivity contribution in [1.82, 2.24) is 0 Å². The van der Waals surface area contributed by atoms with Crippen molar-refractivity contribution in [2.24, 2.45) is 17.8 Å². The van der Waals surface area contributed by atoms with Gasteiger partial charge in [0.25, 0.3) is 0 Å². The van der Waals surface area contributed by atoms with Gasteiger partial charge in [-0.2, -0.15) is 0 Å². The first-order chi connectivity index (χ1) is 27.8. The van der Waals surface area contributed by atoms with Crippen molar-refractivity contribution in [2.45, 2.75) is 135 Å². The molecule has 0 spiro atoms. The molecule has 0 aliphatic rings. The Labute approximate surface area is 362 Å². The van der Waals surface area contributed by atoms with E-state index in [1.807, 2.05) is 0 Å². The molecule has 0 heterocycles. The summed E-state index contributed by atoms with van der Waals surface area (Å²) in [6.07, 6.45) is 0. The number of rotatable bonds is 24. The Kier molecular flexibility index (Phi) is 21.5. The Hall–Kier alpha value is -3.51. The van der Waals surface area contributed by atoms with Crippen molar-refractivity contribution in [3.8, 4) is 0 Å². The van der Waals surface area contributed by atoms with Crippen molar-refractivity contribution >= 4 is 68.2 Å². The highest BCUT2D eigenvalue weighted by Crippen LogP contribution is 2.38. The van der Waals surface area contributed by atoms with E-state index in [0.29, 0.717) is 33.4 Å². The summed E-state index contributed by atoms with van der Waals surface area (Å²) in [7, 11) is -6.03. The Morgan fingerprint density at radius 2 is 0.533 bits per heavy atom. The van der Waals surface area contributed by atoms with Gasteiger partial charge < -0.3 is 28.4 Å². The van der Waals surface area contributed by atoms with Crippen LogP contribution < -0.4 is 0 Å². The van der Waals surface area contributed by atoms with Gasteiger partial charge in [-0.1, -0.05) is 0 Å². The molecule has 0 amide bonds. The lowest BCUT2D eigenvalue weighted by Crippen LogP contribution is -2.48. The molecule has 15 nitrogen and oxygen atoms in total. The Balaban J connectivity index is 4.22. The summed E-state index contributed by atoms with van der Waals surface area (Å²) in [5.74, 6) is -10.8. The molecule has 18 heteroatoms. The minimum atomic E-state index is -2.01. The Morgan fingerprint density at radius 1 is 0.383 bits per heavy atom. The molecule has 60 heavy (non-hydrogen) atoms. The molecule has 0 fully saturated rings. The normalized spacial score (nSPS) is 13.7. The van der Waals surface area contributed by atoms with Crippen molar-refractivity contribution < 1.29 is 69.8 Å². The summed E-state index contributed by atoms with van der Waals surface area (Å²) in [5.41, 5.74) is 3.01. The molecule has 0 bridgehead atoms. The van der Waals surface area contributed by atoms with E-state index in [1.165, 1.54) is 41.5 Å². The highest BCUT2D eigenvalue weighted by molar-refractivity contribution is 7.86. The Bertz CT molecular complexity index is 1540. The average Bonchev–Trinajstić information content (AvgIpc) is 3.13. The molecule has 0 aliphatic carbocycles. The number of esters is 6. The van der Waals surface area contributed by atoms with Gasteiger partial charge in [-0.05, 0) is 137 Å². The van der Waals surface area contributed by atoms with E-state index < -0.39 is 100 Å². The lowest BCUT2D eigenvalue weighted by molar-refractivity contribution is -0.164. The minimum Gasteiger partial charge on any atom is -0.465 e. The van der Waals surface area contributed by atoms with Gasteiger partial charge >= 0.3 is 35.8 Å². The fourth-order valence-corrected chi connectivity index (χ4v) is 11.3. The van der Waals surface area contributed by atoms with Gasteiger partial charge in [0.1, 0.15) is 0 Å². The predicted octanol–water partition coefficient (Wildman–Crippen LogP) is 4.92. The monoisotopic (exact) mass is 906 g/mol. The standard InChI is InChI=1S/C42H66O15S3/c1-16-52-34(43)31(35(44)53-17-2)40(10,11)58(49)22-28-25(7)29(23-59(50)41(12,13)32(36(45)54-18-3)37(46)55-19-4)27(9)30(26(28)8)24-60(51)42(14,15)33(38(47)56-20-5)39(48)57-21-6/h31-33H,16-24H2,1-15H3. The number of hydrogen-bond donors (Lipinski definition) is 0. The maximum absolute atomic E-state index is 14.6. The second-order valence-corrected chi connectivity index (χ2v) is 21.5. The summed E-state index contributed by atoms with van der Waals surface area (Å²) >= 11 is 0. The van der Waals surface area contributed by atoms with Crippen LogP contribution in [-0.2, 0) is 107 Å². The zero-order chi connectivity index (χ0) is 46.5. The van der Waals surface area contributed by atoms with Crippen LogP contribution in [0.2, 0.25) is 0 Å². The quantitative estimate of drug-likeness (QED) is 0.0766. The molecule has 0 radical (unpaired) electrons. The first-order valence-corrected chi connectivity index (χ1v) is 24.0. The molecule has 0 saturated carbocycles. The van der Waals surface area contributed by atoms with Crippen molar-refractivity contribution in [1.29, 1.82) is 0 Å². The third kappa shape index (κ3) is 12.8. The largest absolute Gasteiger partial charge is 0.465 e. The molecule has 0 N–H and O–H groups in total. The average molecular weight is 907 g/mol. The lowest BCUT2D eigenvalue weighted by Gasteiger charge is -2.33. The number of carbonyl (C=O) groups is 6. The fraction of sp³-hybridized carbons (Fsp3) is 0.714. The van der Waals surface area contributed by atoms with E-state index in [-0.39, 0.29) is 56.9 Å². The zero-order valence-electron chi connectivity index (χ0n) is 37.9. The number of benzene rings is 1. The summed E-state index contributed by atoms with van der Waals surface area (Å²) in [6.45, 7) is 23.3. The van der Waals surface area contributed by atoms with E-state index >= 15 is 0 Å². The van der Waals surface area contributed by atoms with E-state index in [2.05, 4.69) is 0 Å². The zero-order valence-corrected chi connectivity index (χ0v) is 40.4. The second kappa shape index (κ2) is 23.6. The van der Waals surface area contributed by atoms with Crippen LogP contribution in [0.1, 0.15) is 116 Å². The number of carbonyl (C=O) groups excluding carboxylic acids is 6. The molecular weight excluding hydrogens is 841 g/mol. The molecule has 0 aliphatic heterocycles. The van der Waals surface area contributed by atoms with Crippen LogP contribution in [0.15, 0.2) is 0 Å². The molecule has 342 valence electrons. The first-order valence-electron chi connectivity index (χ1n) is 20.1. The molecule has 3 atom stereocenters. The van der Waals surface area contributed by atoms with Gasteiger partial charge in [-0.25, -0.2) is 0 Å². The van der Waals surface area contributed by atoms with E-state index in [9.17, 15) is 41.4 Å².